The number of unbranched alkanes of at least 4 members (excludes halogenated alkanes) is 33. The second-order valence-electron chi connectivity index (χ2n) is 20.0. The number of nitrogens with one attached hydrogen (secondary N) is 1. The van der Waals surface area contributed by atoms with E-state index < -0.39 is 18.2 Å². The Bertz CT molecular complexity index is 1150. The van der Waals surface area contributed by atoms with Gasteiger partial charge in [-0.15, -0.1) is 0 Å². The average Bonchev–Trinajstić information content (AvgIpc) is 3.32. The molecule has 0 rings (SSSR count). The number of hydrogen-bond donors (Lipinski definition) is 3. The SMILES string of the molecule is CCCCC/C=C\C/C=C\C/C=C\CCCCCCC(CC(=O)NC(CO)C(O)CCCCCCCCCCCCCCCCCCC)OC(=O)CCCCC/C=C\CCCCCCCCC. The van der Waals surface area contributed by atoms with Gasteiger partial charge < -0.3 is 20.3 Å². The molecule has 392 valence electrons. The highest BCUT2D eigenvalue weighted by atomic mass is 16.5. The smallest absolute Gasteiger partial charge is 0.306 e. The van der Waals surface area contributed by atoms with E-state index in [0.717, 1.165) is 89.9 Å². The number of esters is 1. The summed E-state index contributed by atoms with van der Waals surface area (Å²) in [6.45, 7) is 6.47. The van der Waals surface area contributed by atoms with Crippen LogP contribution in [0.1, 0.15) is 303 Å². The number of ether oxygens (including phenoxy) is 1. The third-order valence-corrected chi connectivity index (χ3v) is 13.4. The van der Waals surface area contributed by atoms with E-state index in [1.165, 1.54) is 167 Å². The zero-order valence-electron chi connectivity index (χ0n) is 44.8. The van der Waals surface area contributed by atoms with Gasteiger partial charge in [0.15, 0.2) is 0 Å². The first kappa shape index (κ1) is 64.8. The van der Waals surface area contributed by atoms with Crippen LogP contribution in [0, 0.1) is 0 Å². The molecule has 0 fully saturated rings. The molecule has 0 heterocycles. The van der Waals surface area contributed by atoms with Crippen molar-refractivity contribution >= 4 is 11.9 Å². The van der Waals surface area contributed by atoms with Crippen LogP contribution in [-0.2, 0) is 14.3 Å². The van der Waals surface area contributed by atoms with Crippen molar-refractivity contribution in [3.63, 3.8) is 0 Å². The topological polar surface area (TPSA) is 95.9 Å². The highest BCUT2D eigenvalue weighted by Gasteiger charge is 2.24. The Morgan fingerprint density at radius 3 is 1.19 bits per heavy atom. The van der Waals surface area contributed by atoms with E-state index >= 15 is 0 Å². The summed E-state index contributed by atoms with van der Waals surface area (Å²) >= 11 is 0. The third kappa shape index (κ3) is 50.0. The average molecular weight is 941 g/mol. The molecule has 6 nitrogen and oxygen atoms in total. The number of carbonyl (C=O) groups is 2. The van der Waals surface area contributed by atoms with E-state index in [0.29, 0.717) is 19.3 Å². The van der Waals surface area contributed by atoms with Crippen LogP contribution in [-0.4, -0.2) is 46.9 Å². The summed E-state index contributed by atoms with van der Waals surface area (Å²) < 4.78 is 5.95. The van der Waals surface area contributed by atoms with Crippen molar-refractivity contribution in [3.8, 4) is 0 Å². The number of amides is 1. The van der Waals surface area contributed by atoms with Gasteiger partial charge in [-0.1, -0.05) is 249 Å². The lowest BCUT2D eigenvalue weighted by Gasteiger charge is -2.24. The summed E-state index contributed by atoms with van der Waals surface area (Å²) in [4.78, 5) is 26.3. The number of carbonyl (C=O) groups excluding carboxylic acids is 2. The summed E-state index contributed by atoms with van der Waals surface area (Å²) in [5, 5.41) is 23.9. The van der Waals surface area contributed by atoms with Crippen molar-refractivity contribution in [1.29, 1.82) is 0 Å². The highest BCUT2D eigenvalue weighted by molar-refractivity contribution is 5.77. The maximum Gasteiger partial charge on any atom is 0.306 e. The molecule has 3 unspecified atom stereocenters. The molecule has 0 saturated carbocycles. The third-order valence-electron chi connectivity index (χ3n) is 13.4. The van der Waals surface area contributed by atoms with E-state index in [-0.39, 0.29) is 24.9 Å². The number of rotatable bonds is 53. The minimum Gasteiger partial charge on any atom is -0.462 e. The molecule has 0 radical (unpaired) electrons. The van der Waals surface area contributed by atoms with Gasteiger partial charge in [-0.3, -0.25) is 9.59 Å². The predicted octanol–water partition coefficient (Wildman–Crippen LogP) is 18.2. The van der Waals surface area contributed by atoms with Gasteiger partial charge in [0.1, 0.15) is 6.10 Å². The van der Waals surface area contributed by atoms with Crippen LogP contribution >= 0.6 is 0 Å². The van der Waals surface area contributed by atoms with Gasteiger partial charge in [-0.25, -0.2) is 0 Å². The van der Waals surface area contributed by atoms with Crippen LogP contribution in [0.15, 0.2) is 48.6 Å². The molecule has 6 heteroatoms. The minimum absolute atomic E-state index is 0.0581. The molecular formula is C61H113NO5. The summed E-state index contributed by atoms with van der Waals surface area (Å²) in [6, 6.07) is -0.713. The maximum atomic E-state index is 13.3. The molecular weight excluding hydrogens is 827 g/mol. The van der Waals surface area contributed by atoms with Crippen molar-refractivity contribution in [2.75, 3.05) is 6.61 Å². The molecule has 0 aliphatic heterocycles. The van der Waals surface area contributed by atoms with Crippen molar-refractivity contribution in [1.82, 2.24) is 5.32 Å². The van der Waals surface area contributed by atoms with Gasteiger partial charge in [-0.05, 0) is 89.9 Å². The zero-order valence-corrected chi connectivity index (χ0v) is 44.8. The molecule has 0 bridgehead atoms. The Hall–Kier alpha value is -2.18. The summed E-state index contributed by atoms with van der Waals surface area (Å²) in [5.41, 5.74) is 0. The van der Waals surface area contributed by atoms with Crippen molar-refractivity contribution in [2.24, 2.45) is 0 Å². The standard InChI is InChI=1S/C61H113NO5/c1-4-7-10-13-16-19-22-25-28-30-32-34-37-40-43-46-49-52-57(67-61(66)54-51-48-45-42-39-36-27-24-21-18-15-12-9-6-3)55-60(65)62-58(56-63)59(64)53-50-47-44-41-38-35-33-31-29-26-23-20-17-14-11-8-5-2/h16,19,25,28,32,34,36,39,57-59,63-64H,4-15,17-18,20-24,26-27,29-31,33,35,37-38,40-56H2,1-3H3,(H,62,65)/b19-16-,28-25-,34-32-,39-36-. The lowest BCUT2D eigenvalue weighted by Crippen LogP contribution is -2.46. The van der Waals surface area contributed by atoms with Gasteiger partial charge in [-0.2, -0.15) is 0 Å². The molecule has 67 heavy (non-hydrogen) atoms. The van der Waals surface area contributed by atoms with Crippen LogP contribution in [0.25, 0.3) is 0 Å². The van der Waals surface area contributed by atoms with Gasteiger partial charge in [0.05, 0.1) is 25.2 Å². The molecule has 0 aromatic rings. The van der Waals surface area contributed by atoms with Crippen molar-refractivity contribution in [2.45, 2.75) is 322 Å². The van der Waals surface area contributed by atoms with E-state index in [9.17, 15) is 19.8 Å². The molecule has 1 amide bonds. The van der Waals surface area contributed by atoms with Crippen molar-refractivity contribution in [3.05, 3.63) is 48.6 Å². The first-order valence-corrected chi connectivity index (χ1v) is 29.4. The van der Waals surface area contributed by atoms with Crippen LogP contribution in [0.4, 0.5) is 0 Å². The molecule has 0 aliphatic carbocycles. The Balaban J connectivity index is 4.59. The Kier molecular flexibility index (Phi) is 53.0. The van der Waals surface area contributed by atoms with Crippen LogP contribution in [0.5, 0.6) is 0 Å². The molecule has 0 spiro atoms. The van der Waals surface area contributed by atoms with Gasteiger partial charge in [0.25, 0.3) is 0 Å². The molecule has 0 aromatic heterocycles. The second kappa shape index (κ2) is 54.8. The van der Waals surface area contributed by atoms with Gasteiger partial charge >= 0.3 is 5.97 Å². The monoisotopic (exact) mass is 940 g/mol. The first-order chi connectivity index (χ1) is 33.0. The van der Waals surface area contributed by atoms with E-state index in [2.05, 4.69) is 74.7 Å². The Morgan fingerprint density at radius 1 is 0.433 bits per heavy atom. The normalized spacial score (nSPS) is 13.4. The van der Waals surface area contributed by atoms with E-state index in [4.69, 9.17) is 4.74 Å². The summed E-state index contributed by atoms with van der Waals surface area (Å²) in [5.74, 6) is -0.504. The predicted molar refractivity (Wildman–Crippen MR) is 292 cm³/mol. The molecule has 0 aliphatic rings. The number of aliphatic hydroxyl groups is 2. The largest absolute Gasteiger partial charge is 0.462 e. The fourth-order valence-electron chi connectivity index (χ4n) is 8.90. The van der Waals surface area contributed by atoms with Crippen LogP contribution in [0.3, 0.4) is 0 Å². The molecule has 3 atom stereocenters. The van der Waals surface area contributed by atoms with Crippen LogP contribution in [0.2, 0.25) is 0 Å². The lowest BCUT2D eigenvalue weighted by atomic mass is 10.0. The number of hydrogen-bond acceptors (Lipinski definition) is 5. The quantitative estimate of drug-likeness (QED) is 0.0321. The van der Waals surface area contributed by atoms with Crippen molar-refractivity contribution < 1.29 is 24.5 Å². The maximum absolute atomic E-state index is 13.3. The summed E-state index contributed by atoms with van der Waals surface area (Å²) in [7, 11) is 0. The fourth-order valence-corrected chi connectivity index (χ4v) is 8.90. The molecule has 0 aromatic carbocycles. The van der Waals surface area contributed by atoms with Gasteiger partial charge in [0.2, 0.25) is 5.91 Å². The fraction of sp³-hybridized carbons (Fsp3) is 0.836. The summed E-state index contributed by atoms with van der Waals surface area (Å²) in [6.07, 6.45) is 67.5. The van der Waals surface area contributed by atoms with Crippen LogP contribution < -0.4 is 5.32 Å². The van der Waals surface area contributed by atoms with Gasteiger partial charge in [0, 0.05) is 6.42 Å². The number of allylic oxidation sites excluding steroid dienone is 8. The Labute approximate surface area is 416 Å². The lowest BCUT2D eigenvalue weighted by molar-refractivity contribution is -0.151. The zero-order chi connectivity index (χ0) is 48.8. The Morgan fingerprint density at radius 2 is 0.761 bits per heavy atom. The first-order valence-electron chi connectivity index (χ1n) is 29.4. The highest BCUT2D eigenvalue weighted by Crippen LogP contribution is 2.18. The second-order valence-corrected chi connectivity index (χ2v) is 20.0. The molecule has 0 saturated heterocycles. The minimum atomic E-state index is -0.797. The number of aliphatic hydroxyl groups excluding tert-OH is 2. The van der Waals surface area contributed by atoms with E-state index in [1.54, 1.807) is 0 Å². The van der Waals surface area contributed by atoms with E-state index in [1.807, 2.05) is 0 Å². The molecule has 3 N–H and O–H groups in total.